The van der Waals surface area contributed by atoms with Crippen LogP contribution < -0.4 is 10.1 Å². The fourth-order valence-electron chi connectivity index (χ4n) is 3.58. The van der Waals surface area contributed by atoms with E-state index < -0.39 is 11.9 Å². The minimum absolute atomic E-state index is 0.141. The second-order valence-electron chi connectivity index (χ2n) is 8.54. The van der Waals surface area contributed by atoms with Gasteiger partial charge in [0, 0.05) is 12.3 Å². The third-order valence-corrected chi connectivity index (χ3v) is 5.59. The number of nitrogens with zero attached hydrogens (tertiary/aromatic N) is 1. The number of hydrogen-bond acceptors (Lipinski definition) is 6. The molecule has 0 spiro atoms. The van der Waals surface area contributed by atoms with E-state index in [1.165, 1.54) is 44.2 Å². The van der Waals surface area contributed by atoms with Gasteiger partial charge in [0.15, 0.2) is 17.2 Å². The van der Waals surface area contributed by atoms with Gasteiger partial charge in [0.1, 0.15) is 6.54 Å². The van der Waals surface area contributed by atoms with Gasteiger partial charge in [-0.2, -0.15) is 0 Å². The van der Waals surface area contributed by atoms with Crippen molar-refractivity contribution in [1.29, 1.82) is 0 Å². The Morgan fingerprint density at radius 2 is 1.91 bits per heavy atom. The van der Waals surface area contributed by atoms with E-state index in [1.54, 1.807) is 0 Å². The molecule has 7 heteroatoms. The van der Waals surface area contributed by atoms with E-state index in [0.29, 0.717) is 5.92 Å². The summed E-state index contributed by atoms with van der Waals surface area (Å²) in [6, 6.07) is 11.7. The van der Waals surface area contributed by atoms with Gasteiger partial charge >= 0.3 is 5.97 Å². The van der Waals surface area contributed by atoms with Crippen LogP contribution >= 0.6 is 0 Å². The average Bonchev–Trinajstić information content (AvgIpc) is 3.62. The summed E-state index contributed by atoms with van der Waals surface area (Å²) in [6.45, 7) is 5.85. The van der Waals surface area contributed by atoms with Crippen LogP contribution in [0.5, 0.6) is 11.5 Å². The number of amides is 1. The second kappa shape index (κ2) is 13.5. The molecule has 7 nitrogen and oxygen atoms in total. The number of ether oxygens (including phenoxy) is 2. The van der Waals surface area contributed by atoms with Crippen LogP contribution in [0.2, 0.25) is 0 Å². The van der Waals surface area contributed by atoms with E-state index in [4.69, 9.17) is 9.47 Å². The van der Waals surface area contributed by atoms with Gasteiger partial charge in [0.25, 0.3) is 5.91 Å². The first-order chi connectivity index (χ1) is 15.8. The van der Waals surface area contributed by atoms with Gasteiger partial charge in [-0.1, -0.05) is 62.1 Å². The number of carbonyl (C=O) groups is 2. The average molecular weight is 457 g/mol. The normalized spacial score (nSPS) is 14.3. The van der Waals surface area contributed by atoms with Gasteiger partial charge in [0.2, 0.25) is 0 Å². The third kappa shape index (κ3) is 9.51. The van der Waals surface area contributed by atoms with Crippen molar-refractivity contribution in [3.63, 3.8) is 0 Å². The Morgan fingerprint density at radius 3 is 2.45 bits per heavy atom. The lowest BCUT2D eigenvalue weighted by molar-refractivity contribution is -0.147. The summed E-state index contributed by atoms with van der Waals surface area (Å²) in [7, 11) is 1.38. The quantitative estimate of drug-likeness (QED) is 0.504. The van der Waals surface area contributed by atoms with Crippen LogP contribution in [0.1, 0.15) is 62.0 Å². The van der Waals surface area contributed by atoms with Gasteiger partial charge < -0.3 is 19.9 Å². The molecule has 33 heavy (non-hydrogen) atoms. The maximum absolute atomic E-state index is 12.1. The molecule has 180 valence electrons. The Bertz CT molecular complexity index is 884. The fraction of sp³-hybridized carbons (Fsp3) is 0.500. The number of nitrogens with one attached hydrogen (secondary N) is 1. The zero-order valence-corrected chi connectivity index (χ0v) is 20.0. The first-order valence-electron chi connectivity index (χ1n) is 11.5. The number of carbonyl (C=O) groups excluding carboxylic acids is 2. The molecular weight excluding hydrogens is 420 g/mol. The summed E-state index contributed by atoms with van der Waals surface area (Å²) in [6.07, 6.45) is 6.92. The SMILES string of the molecule is CCC(CC1CC1)CC(C)OC(=O)CNC(=O)c1nccc(OC)c1O.Cc1ccccc1. The fourth-order valence-corrected chi connectivity index (χ4v) is 3.58. The number of aryl methyl sites for hydroxylation is 1. The van der Waals surface area contributed by atoms with E-state index in [0.717, 1.165) is 18.8 Å². The van der Waals surface area contributed by atoms with Crippen LogP contribution in [0.4, 0.5) is 0 Å². The Balaban J connectivity index is 0.000000468. The number of pyridine rings is 1. The lowest BCUT2D eigenvalue weighted by Gasteiger charge is -2.20. The molecule has 1 aromatic carbocycles. The van der Waals surface area contributed by atoms with Crippen molar-refractivity contribution in [2.75, 3.05) is 13.7 Å². The molecule has 1 fully saturated rings. The molecule has 0 saturated heterocycles. The highest BCUT2D eigenvalue weighted by Gasteiger charge is 2.26. The van der Waals surface area contributed by atoms with Gasteiger partial charge in [-0.25, -0.2) is 4.98 Å². The van der Waals surface area contributed by atoms with E-state index in [2.05, 4.69) is 36.3 Å². The summed E-state index contributed by atoms with van der Waals surface area (Å²) >= 11 is 0. The van der Waals surface area contributed by atoms with Crippen LogP contribution in [0.3, 0.4) is 0 Å². The van der Waals surface area contributed by atoms with Crippen LogP contribution in [0.15, 0.2) is 42.6 Å². The van der Waals surface area contributed by atoms with Crippen molar-refractivity contribution in [2.24, 2.45) is 11.8 Å². The summed E-state index contributed by atoms with van der Waals surface area (Å²) in [5, 5.41) is 12.3. The Kier molecular flexibility index (Phi) is 10.7. The Morgan fingerprint density at radius 1 is 1.21 bits per heavy atom. The second-order valence-corrected chi connectivity index (χ2v) is 8.54. The van der Waals surface area contributed by atoms with Crippen LogP contribution in [-0.2, 0) is 9.53 Å². The highest BCUT2D eigenvalue weighted by atomic mass is 16.5. The van der Waals surface area contributed by atoms with Crippen molar-refractivity contribution in [2.45, 2.75) is 59.0 Å². The smallest absolute Gasteiger partial charge is 0.325 e. The molecule has 0 bridgehead atoms. The van der Waals surface area contributed by atoms with E-state index in [-0.39, 0.29) is 29.8 Å². The summed E-state index contributed by atoms with van der Waals surface area (Å²) in [4.78, 5) is 27.9. The lowest BCUT2D eigenvalue weighted by atomic mass is 9.93. The van der Waals surface area contributed by atoms with Gasteiger partial charge in [-0.05, 0) is 38.5 Å². The molecule has 0 radical (unpaired) electrons. The van der Waals surface area contributed by atoms with E-state index in [1.807, 2.05) is 25.1 Å². The zero-order valence-electron chi connectivity index (χ0n) is 20.0. The van der Waals surface area contributed by atoms with Crippen molar-refractivity contribution >= 4 is 11.9 Å². The zero-order chi connectivity index (χ0) is 24.2. The van der Waals surface area contributed by atoms with Gasteiger partial charge in [0.05, 0.1) is 13.2 Å². The molecule has 1 heterocycles. The number of aromatic nitrogens is 1. The van der Waals surface area contributed by atoms with Crippen LogP contribution in [-0.4, -0.2) is 41.7 Å². The monoisotopic (exact) mass is 456 g/mol. The van der Waals surface area contributed by atoms with Crippen LogP contribution in [0.25, 0.3) is 0 Å². The van der Waals surface area contributed by atoms with Crippen LogP contribution in [0, 0.1) is 18.8 Å². The Hall–Kier alpha value is -3.09. The largest absolute Gasteiger partial charge is 0.503 e. The van der Waals surface area contributed by atoms with Crippen molar-refractivity contribution in [3.05, 3.63) is 53.9 Å². The molecule has 1 aromatic heterocycles. The molecule has 2 aromatic rings. The first-order valence-corrected chi connectivity index (χ1v) is 11.5. The molecule has 2 atom stereocenters. The number of rotatable bonds is 10. The van der Waals surface area contributed by atoms with Gasteiger partial charge in [-0.15, -0.1) is 0 Å². The van der Waals surface area contributed by atoms with E-state index >= 15 is 0 Å². The predicted molar refractivity (Wildman–Crippen MR) is 127 cm³/mol. The minimum atomic E-state index is -0.661. The van der Waals surface area contributed by atoms with Crippen molar-refractivity contribution in [1.82, 2.24) is 10.3 Å². The molecular formula is C26H36N2O5. The molecule has 3 rings (SSSR count). The maximum Gasteiger partial charge on any atom is 0.325 e. The molecule has 1 amide bonds. The predicted octanol–water partition coefficient (Wildman–Crippen LogP) is 4.67. The molecule has 1 aliphatic rings. The summed E-state index contributed by atoms with van der Waals surface area (Å²) in [5.41, 5.74) is 1.13. The van der Waals surface area contributed by atoms with Crippen molar-refractivity contribution < 1.29 is 24.2 Å². The molecule has 2 unspecified atom stereocenters. The maximum atomic E-state index is 12.1. The highest BCUT2D eigenvalue weighted by Crippen LogP contribution is 2.37. The minimum Gasteiger partial charge on any atom is -0.503 e. The number of esters is 1. The number of aromatic hydroxyl groups is 1. The lowest BCUT2D eigenvalue weighted by Crippen LogP contribution is -2.33. The van der Waals surface area contributed by atoms with Gasteiger partial charge in [-0.3, -0.25) is 9.59 Å². The first kappa shape index (κ1) is 26.2. The number of hydrogen-bond donors (Lipinski definition) is 2. The van der Waals surface area contributed by atoms with E-state index in [9.17, 15) is 14.7 Å². The number of benzene rings is 1. The topological polar surface area (TPSA) is 97.8 Å². The summed E-state index contributed by atoms with van der Waals surface area (Å²) in [5.74, 6) is 0.0337. The third-order valence-electron chi connectivity index (χ3n) is 5.59. The molecule has 1 aliphatic carbocycles. The Labute approximate surface area is 196 Å². The highest BCUT2D eigenvalue weighted by molar-refractivity contribution is 5.97. The van der Waals surface area contributed by atoms with Crippen molar-refractivity contribution in [3.8, 4) is 11.5 Å². The molecule has 0 aliphatic heterocycles. The number of methoxy groups -OCH3 is 1. The standard InChI is InChI=1S/C19H28N2O5.C7H8/c1-4-13(10-14-5-6-14)9-12(2)26-16(22)11-21-19(24)17-18(23)15(25-3)7-8-20-17;1-7-5-3-2-4-6-7/h7-8,12-14,23H,4-6,9-11H2,1-3H3,(H,21,24);2-6H,1H3. The molecule has 2 N–H and O–H groups in total. The molecule has 1 saturated carbocycles. The summed E-state index contributed by atoms with van der Waals surface area (Å²) < 4.78 is 10.3.